The van der Waals surface area contributed by atoms with Crippen LogP contribution in [0.25, 0.3) is 11.0 Å². The van der Waals surface area contributed by atoms with Gasteiger partial charge in [0.15, 0.2) is 0 Å². The maximum Gasteiger partial charge on any atom is 0.343 e. The normalized spacial score (nSPS) is 10.7. The molecule has 0 atom stereocenters. The molecule has 2 aromatic carbocycles. The standard InChI is InChI=1S/C17H17N3O2/c1-19(2)13-6-4-12(5-7-13)17(21)22-14-8-9-16-15(10-14)18-11-20(16)3/h4-11H,1-3H3. The number of ether oxygens (including phenoxy) is 1. The van der Waals surface area contributed by atoms with Crippen LogP contribution >= 0.6 is 0 Å². The van der Waals surface area contributed by atoms with Gasteiger partial charge in [-0.1, -0.05) is 0 Å². The van der Waals surface area contributed by atoms with Gasteiger partial charge in [0.2, 0.25) is 0 Å². The van der Waals surface area contributed by atoms with Gasteiger partial charge in [-0.2, -0.15) is 0 Å². The minimum absolute atomic E-state index is 0.374. The van der Waals surface area contributed by atoms with E-state index in [1.807, 2.05) is 48.8 Å². The first-order valence-corrected chi connectivity index (χ1v) is 6.95. The third-order valence-corrected chi connectivity index (χ3v) is 3.53. The highest BCUT2D eigenvalue weighted by Gasteiger charge is 2.10. The van der Waals surface area contributed by atoms with E-state index in [9.17, 15) is 4.79 Å². The van der Waals surface area contributed by atoms with Gasteiger partial charge in [-0.3, -0.25) is 0 Å². The van der Waals surface area contributed by atoms with E-state index in [1.165, 1.54) is 0 Å². The highest BCUT2D eigenvalue weighted by molar-refractivity contribution is 5.92. The maximum atomic E-state index is 12.2. The van der Waals surface area contributed by atoms with Gasteiger partial charge >= 0.3 is 5.97 Å². The molecule has 0 fully saturated rings. The third-order valence-electron chi connectivity index (χ3n) is 3.53. The Morgan fingerprint density at radius 3 is 2.55 bits per heavy atom. The number of hydrogen-bond acceptors (Lipinski definition) is 4. The number of hydrogen-bond donors (Lipinski definition) is 0. The quantitative estimate of drug-likeness (QED) is 0.550. The predicted molar refractivity (Wildman–Crippen MR) is 86.4 cm³/mol. The molecule has 1 heterocycles. The number of aryl methyl sites for hydroxylation is 1. The molecule has 3 aromatic rings. The number of nitrogens with zero attached hydrogens (tertiary/aromatic N) is 3. The average Bonchev–Trinajstić information content (AvgIpc) is 2.88. The molecule has 0 aliphatic heterocycles. The first kappa shape index (κ1) is 14.1. The fourth-order valence-electron chi connectivity index (χ4n) is 2.24. The van der Waals surface area contributed by atoms with E-state index >= 15 is 0 Å². The molecule has 0 aliphatic rings. The summed E-state index contributed by atoms with van der Waals surface area (Å²) in [6, 6.07) is 12.7. The van der Waals surface area contributed by atoms with E-state index in [4.69, 9.17) is 4.74 Å². The fraction of sp³-hybridized carbons (Fsp3) is 0.176. The minimum Gasteiger partial charge on any atom is -0.423 e. The molecule has 112 valence electrons. The van der Waals surface area contributed by atoms with E-state index in [2.05, 4.69) is 4.98 Å². The van der Waals surface area contributed by atoms with Crippen LogP contribution in [0.15, 0.2) is 48.8 Å². The van der Waals surface area contributed by atoms with Crippen molar-refractivity contribution in [2.24, 2.45) is 7.05 Å². The molecule has 0 radical (unpaired) electrons. The van der Waals surface area contributed by atoms with Crippen LogP contribution in [0, 0.1) is 0 Å². The first-order valence-electron chi connectivity index (χ1n) is 6.95. The van der Waals surface area contributed by atoms with Crippen molar-refractivity contribution in [1.82, 2.24) is 9.55 Å². The second-order valence-electron chi connectivity index (χ2n) is 5.34. The average molecular weight is 295 g/mol. The molecular weight excluding hydrogens is 278 g/mol. The van der Waals surface area contributed by atoms with Gasteiger partial charge in [-0.05, 0) is 36.4 Å². The molecule has 5 nitrogen and oxygen atoms in total. The number of rotatable bonds is 3. The molecule has 3 rings (SSSR count). The van der Waals surface area contributed by atoms with E-state index in [0.29, 0.717) is 11.3 Å². The Morgan fingerprint density at radius 1 is 1.14 bits per heavy atom. The molecule has 0 amide bonds. The van der Waals surface area contributed by atoms with Crippen molar-refractivity contribution in [1.29, 1.82) is 0 Å². The summed E-state index contributed by atoms with van der Waals surface area (Å²) in [6.07, 6.45) is 1.73. The lowest BCUT2D eigenvalue weighted by atomic mass is 10.2. The molecule has 0 saturated carbocycles. The molecular formula is C17H17N3O2. The zero-order valence-electron chi connectivity index (χ0n) is 12.8. The fourth-order valence-corrected chi connectivity index (χ4v) is 2.24. The molecule has 0 bridgehead atoms. The van der Waals surface area contributed by atoms with Gasteiger partial charge in [0.1, 0.15) is 5.75 Å². The number of imidazole rings is 1. The molecule has 0 spiro atoms. The molecule has 5 heteroatoms. The lowest BCUT2D eigenvalue weighted by Crippen LogP contribution is -2.11. The lowest BCUT2D eigenvalue weighted by molar-refractivity contribution is 0.0735. The highest BCUT2D eigenvalue weighted by Crippen LogP contribution is 2.21. The lowest BCUT2D eigenvalue weighted by Gasteiger charge is -2.12. The van der Waals surface area contributed by atoms with Gasteiger partial charge < -0.3 is 14.2 Å². The maximum absolute atomic E-state index is 12.2. The van der Waals surface area contributed by atoms with Crippen molar-refractivity contribution in [2.75, 3.05) is 19.0 Å². The van der Waals surface area contributed by atoms with Crippen molar-refractivity contribution in [2.45, 2.75) is 0 Å². The Hall–Kier alpha value is -2.82. The molecule has 0 N–H and O–H groups in total. The second-order valence-corrected chi connectivity index (χ2v) is 5.34. The Morgan fingerprint density at radius 2 is 1.86 bits per heavy atom. The zero-order chi connectivity index (χ0) is 15.7. The van der Waals surface area contributed by atoms with Gasteiger partial charge in [0.25, 0.3) is 0 Å². The molecule has 0 saturated heterocycles. The van der Waals surface area contributed by atoms with E-state index in [1.54, 1.807) is 30.6 Å². The number of fused-ring (bicyclic) bond motifs is 1. The van der Waals surface area contributed by atoms with Crippen LogP contribution in [-0.4, -0.2) is 29.6 Å². The molecule has 0 aliphatic carbocycles. The Kier molecular flexibility index (Phi) is 3.55. The van der Waals surface area contributed by atoms with Crippen molar-refractivity contribution >= 4 is 22.7 Å². The number of aromatic nitrogens is 2. The number of carbonyl (C=O) groups excluding carboxylic acids is 1. The van der Waals surface area contributed by atoms with Crippen LogP contribution in [0.1, 0.15) is 10.4 Å². The Labute approximate surface area is 128 Å². The van der Waals surface area contributed by atoms with Crippen molar-refractivity contribution < 1.29 is 9.53 Å². The van der Waals surface area contributed by atoms with Crippen LogP contribution in [-0.2, 0) is 7.05 Å². The minimum atomic E-state index is -0.374. The first-order chi connectivity index (χ1) is 10.5. The van der Waals surface area contributed by atoms with Crippen LogP contribution in [0.3, 0.4) is 0 Å². The van der Waals surface area contributed by atoms with Gasteiger partial charge in [-0.15, -0.1) is 0 Å². The van der Waals surface area contributed by atoms with Crippen LogP contribution in [0.5, 0.6) is 5.75 Å². The van der Waals surface area contributed by atoms with Crippen molar-refractivity contribution in [3.8, 4) is 5.75 Å². The number of esters is 1. The van der Waals surface area contributed by atoms with Gasteiger partial charge in [0.05, 0.1) is 22.9 Å². The van der Waals surface area contributed by atoms with Crippen LogP contribution < -0.4 is 9.64 Å². The third kappa shape index (κ3) is 2.65. The van der Waals surface area contributed by atoms with E-state index in [0.717, 1.165) is 16.7 Å². The van der Waals surface area contributed by atoms with Crippen LogP contribution in [0.2, 0.25) is 0 Å². The Balaban J connectivity index is 1.80. The van der Waals surface area contributed by atoms with Crippen molar-refractivity contribution in [3.05, 3.63) is 54.4 Å². The van der Waals surface area contributed by atoms with Crippen molar-refractivity contribution in [3.63, 3.8) is 0 Å². The summed E-state index contributed by atoms with van der Waals surface area (Å²) in [7, 11) is 5.83. The predicted octanol–water partition coefficient (Wildman–Crippen LogP) is 2.86. The topological polar surface area (TPSA) is 47.4 Å². The number of benzene rings is 2. The van der Waals surface area contributed by atoms with Gasteiger partial charge in [0, 0.05) is 32.9 Å². The number of anilines is 1. The summed E-state index contributed by atoms with van der Waals surface area (Å²) in [4.78, 5) is 18.4. The van der Waals surface area contributed by atoms with Gasteiger partial charge in [-0.25, -0.2) is 9.78 Å². The summed E-state index contributed by atoms with van der Waals surface area (Å²) in [6.45, 7) is 0. The smallest absolute Gasteiger partial charge is 0.343 e. The molecule has 22 heavy (non-hydrogen) atoms. The molecule has 0 unspecified atom stereocenters. The summed E-state index contributed by atoms with van der Waals surface area (Å²) in [5.41, 5.74) is 3.35. The summed E-state index contributed by atoms with van der Waals surface area (Å²) in [5, 5.41) is 0. The van der Waals surface area contributed by atoms with Crippen LogP contribution in [0.4, 0.5) is 5.69 Å². The SMILES string of the molecule is CN(C)c1ccc(C(=O)Oc2ccc3c(c2)ncn3C)cc1. The van der Waals surface area contributed by atoms with E-state index in [-0.39, 0.29) is 5.97 Å². The number of carbonyl (C=O) groups is 1. The summed E-state index contributed by atoms with van der Waals surface area (Å²) < 4.78 is 7.33. The summed E-state index contributed by atoms with van der Waals surface area (Å²) >= 11 is 0. The Bertz CT molecular complexity index is 820. The zero-order valence-corrected chi connectivity index (χ0v) is 12.8. The highest BCUT2D eigenvalue weighted by atomic mass is 16.5. The van der Waals surface area contributed by atoms with E-state index < -0.39 is 0 Å². The summed E-state index contributed by atoms with van der Waals surface area (Å²) in [5.74, 6) is 0.119. The monoisotopic (exact) mass is 295 g/mol. The molecule has 1 aromatic heterocycles. The second kappa shape index (κ2) is 5.52. The largest absolute Gasteiger partial charge is 0.423 e.